The molecule has 0 spiro atoms. The van der Waals surface area contributed by atoms with Gasteiger partial charge in [0, 0.05) is 12.3 Å². The topological polar surface area (TPSA) is 187 Å². The van der Waals surface area contributed by atoms with Gasteiger partial charge >= 0.3 is 29.6 Å². The van der Waals surface area contributed by atoms with Crippen molar-refractivity contribution in [2.45, 2.75) is 37.5 Å². The maximum atomic E-state index is 13.1. The van der Waals surface area contributed by atoms with E-state index in [1.807, 2.05) is 0 Å². The minimum absolute atomic E-state index is 0.0185. The van der Waals surface area contributed by atoms with E-state index in [0.29, 0.717) is 0 Å². The van der Waals surface area contributed by atoms with Gasteiger partial charge in [0.2, 0.25) is 0 Å². The number of esters is 3. The number of rotatable bonds is 7. The highest BCUT2D eigenvalue weighted by Gasteiger charge is 2.52. The van der Waals surface area contributed by atoms with E-state index in [1.165, 1.54) is 31.3 Å². The largest absolute Gasteiger partial charge is 0.459 e. The number of fused-ring (bicyclic) bond motifs is 2. The van der Waals surface area contributed by atoms with Crippen molar-refractivity contribution in [3.8, 4) is 0 Å². The number of carbonyl (C=O) groups excluding carboxylic acids is 4. The van der Waals surface area contributed by atoms with Crippen LogP contribution in [0.25, 0.3) is 0 Å². The minimum atomic E-state index is -1.33. The Morgan fingerprint density at radius 2 is 1.61 bits per heavy atom. The summed E-state index contributed by atoms with van der Waals surface area (Å²) >= 11 is 0. The molecule has 2 aromatic carbocycles. The van der Waals surface area contributed by atoms with E-state index >= 15 is 0 Å². The van der Waals surface area contributed by atoms with Gasteiger partial charge in [-0.15, -0.1) is 0 Å². The van der Waals surface area contributed by atoms with Gasteiger partial charge < -0.3 is 29.5 Å². The zero-order valence-corrected chi connectivity index (χ0v) is 21.5. The SMILES string of the molecule is C[C@@H](N)C(=O)ONc1ccn([C@@H]2O[C@H](COC(=O)c3ccccc3)[C@H]3OC(=O)c4ccccc4C(=O)O[C@H]32)c(=O)n1. The minimum Gasteiger partial charge on any atom is -0.459 e. The molecule has 0 amide bonds. The Morgan fingerprint density at radius 3 is 2.24 bits per heavy atom. The second kappa shape index (κ2) is 11.6. The Hall–Kier alpha value is -5.08. The Bertz CT molecular complexity index is 1540. The van der Waals surface area contributed by atoms with Crippen LogP contribution in [0.1, 0.15) is 44.2 Å². The van der Waals surface area contributed by atoms with Crippen LogP contribution in [-0.4, -0.2) is 64.4 Å². The number of nitrogens with one attached hydrogen (secondary N) is 1. The Balaban J connectivity index is 1.43. The van der Waals surface area contributed by atoms with Gasteiger partial charge in [-0.1, -0.05) is 30.3 Å². The summed E-state index contributed by atoms with van der Waals surface area (Å²) < 4.78 is 23.8. The van der Waals surface area contributed by atoms with Crippen LogP contribution < -0.4 is 16.9 Å². The van der Waals surface area contributed by atoms with Crippen LogP contribution in [-0.2, 0) is 28.6 Å². The number of anilines is 1. The molecule has 2 aliphatic rings. The number of ether oxygens (including phenoxy) is 4. The second-order valence-electron chi connectivity index (χ2n) is 9.13. The molecular formula is C27H24N4O10. The fourth-order valence-electron chi connectivity index (χ4n) is 4.22. The van der Waals surface area contributed by atoms with Crippen LogP contribution in [0.15, 0.2) is 71.7 Å². The standard InChI is InChI=1S/C27H24N4O10/c1-14(28)23(32)41-30-19-11-12-31(27(36)29-19)22-21-20(18(38-22)13-37-24(33)15-7-3-2-4-8-15)39-25(34)16-9-5-6-10-17(16)26(35)40-21/h2-12,14,18,20-22H,13,28H2,1H3,(H,29,30,36)/t14-,18-,20-,21-,22-/m1/s1. The van der Waals surface area contributed by atoms with Gasteiger partial charge in [-0.05, 0) is 31.2 Å². The number of benzene rings is 2. The van der Waals surface area contributed by atoms with Crippen molar-refractivity contribution >= 4 is 29.7 Å². The fraction of sp³-hybridized carbons (Fsp3) is 0.259. The van der Waals surface area contributed by atoms with Gasteiger partial charge in [0.05, 0.1) is 16.7 Å². The number of aromatic nitrogens is 2. The van der Waals surface area contributed by atoms with Crippen LogP contribution in [0.2, 0.25) is 0 Å². The van der Waals surface area contributed by atoms with E-state index in [0.717, 1.165) is 4.57 Å². The van der Waals surface area contributed by atoms with Gasteiger partial charge in [0.25, 0.3) is 0 Å². The lowest BCUT2D eigenvalue weighted by Gasteiger charge is -2.27. The van der Waals surface area contributed by atoms with Crippen molar-refractivity contribution < 1.29 is 43.0 Å². The van der Waals surface area contributed by atoms with E-state index in [1.54, 1.807) is 42.5 Å². The maximum absolute atomic E-state index is 13.1. The summed E-state index contributed by atoms with van der Waals surface area (Å²) in [6.45, 7) is 1.02. The first-order valence-electron chi connectivity index (χ1n) is 12.4. The van der Waals surface area contributed by atoms with Crippen molar-refractivity contribution in [2.75, 3.05) is 12.1 Å². The molecule has 3 aromatic rings. The van der Waals surface area contributed by atoms with E-state index in [-0.39, 0.29) is 22.5 Å². The summed E-state index contributed by atoms with van der Waals surface area (Å²) in [5.41, 5.74) is 7.01. The highest BCUT2D eigenvalue weighted by atomic mass is 16.7. The summed E-state index contributed by atoms with van der Waals surface area (Å²) in [5, 5.41) is 0. The fourth-order valence-corrected chi connectivity index (χ4v) is 4.22. The van der Waals surface area contributed by atoms with Crippen LogP contribution in [0.5, 0.6) is 0 Å². The highest BCUT2D eigenvalue weighted by molar-refractivity contribution is 6.03. The third-order valence-corrected chi connectivity index (χ3v) is 6.26. The number of hydrogen-bond donors (Lipinski definition) is 2. The first-order valence-corrected chi connectivity index (χ1v) is 12.4. The van der Waals surface area contributed by atoms with Crippen LogP contribution in [0, 0.1) is 0 Å². The molecule has 0 aliphatic carbocycles. The smallest absolute Gasteiger partial charge is 0.351 e. The third kappa shape index (κ3) is 5.78. The zero-order valence-electron chi connectivity index (χ0n) is 21.5. The molecule has 3 heterocycles. The molecule has 0 unspecified atom stereocenters. The van der Waals surface area contributed by atoms with Gasteiger partial charge in [-0.25, -0.2) is 29.5 Å². The van der Waals surface area contributed by atoms with Crippen molar-refractivity contribution in [1.29, 1.82) is 0 Å². The van der Waals surface area contributed by atoms with Crippen LogP contribution >= 0.6 is 0 Å². The third-order valence-electron chi connectivity index (χ3n) is 6.26. The zero-order chi connectivity index (χ0) is 29.1. The molecule has 14 nitrogen and oxygen atoms in total. The number of nitrogens with two attached hydrogens (primary N) is 1. The lowest BCUT2D eigenvalue weighted by atomic mass is 10.0. The van der Waals surface area contributed by atoms with Crippen molar-refractivity contribution in [3.63, 3.8) is 0 Å². The molecule has 0 bridgehead atoms. The molecule has 1 fully saturated rings. The number of carbonyl (C=O) groups is 4. The molecule has 0 saturated carbocycles. The van der Waals surface area contributed by atoms with Gasteiger partial charge in [0.1, 0.15) is 18.8 Å². The maximum Gasteiger partial charge on any atom is 0.351 e. The lowest BCUT2D eigenvalue weighted by molar-refractivity contribution is -0.141. The molecule has 5 rings (SSSR count). The molecular weight excluding hydrogens is 540 g/mol. The lowest BCUT2D eigenvalue weighted by Crippen LogP contribution is -2.44. The summed E-state index contributed by atoms with van der Waals surface area (Å²) in [5.74, 6) is -3.22. The Labute approximate surface area is 231 Å². The van der Waals surface area contributed by atoms with Gasteiger partial charge in [0.15, 0.2) is 24.3 Å². The van der Waals surface area contributed by atoms with Crippen LogP contribution in [0.3, 0.4) is 0 Å². The van der Waals surface area contributed by atoms with E-state index in [2.05, 4.69) is 10.5 Å². The van der Waals surface area contributed by atoms with Gasteiger partial charge in [-0.2, -0.15) is 4.98 Å². The normalized spacial score (nSPS) is 22.1. The Morgan fingerprint density at radius 1 is 0.976 bits per heavy atom. The van der Waals surface area contributed by atoms with Crippen molar-refractivity contribution in [2.24, 2.45) is 5.73 Å². The van der Waals surface area contributed by atoms with Gasteiger partial charge in [-0.3, -0.25) is 4.57 Å². The molecule has 5 atom stereocenters. The van der Waals surface area contributed by atoms with Crippen LogP contribution in [0.4, 0.5) is 5.82 Å². The average molecular weight is 565 g/mol. The summed E-state index contributed by atoms with van der Waals surface area (Å²) in [7, 11) is 0. The quantitative estimate of drug-likeness (QED) is 0.235. The van der Waals surface area contributed by atoms with E-state index < -0.39 is 66.8 Å². The highest BCUT2D eigenvalue weighted by Crippen LogP contribution is 2.36. The summed E-state index contributed by atoms with van der Waals surface area (Å²) in [6.07, 6.45) is -3.79. The predicted molar refractivity (Wildman–Crippen MR) is 137 cm³/mol. The molecule has 212 valence electrons. The first-order chi connectivity index (χ1) is 19.7. The average Bonchev–Trinajstić information content (AvgIpc) is 3.29. The molecule has 14 heteroatoms. The summed E-state index contributed by atoms with van der Waals surface area (Å²) in [6, 6.07) is 14.5. The Kier molecular flexibility index (Phi) is 7.76. The number of nitrogens with zero attached hydrogens (tertiary/aromatic N) is 2. The molecule has 41 heavy (non-hydrogen) atoms. The predicted octanol–water partition coefficient (Wildman–Crippen LogP) is 0.980. The molecule has 1 aromatic heterocycles. The van der Waals surface area contributed by atoms with E-state index in [4.69, 9.17) is 29.5 Å². The molecule has 2 aliphatic heterocycles. The number of hydrogen-bond acceptors (Lipinski definition) is 13. The first kappa shape index (κ1) is 27.5. The van der Waals surface area contributed by atoms with E-state index in [9.17, 15) is 24.0 Å². The summed E-state index contributed by atoms with van der Waals surface area (Å²) in [4.78, 5) is 71.8. The second-order valence-corrected chi connectivity index (χ2v) is 9.13. The van der Waals surface area contributed by atoms with Crippen molar-refractivity contribution in [3.05, 3.63) is 94.0 Å². The monoisotopic (exact) mass is 564 g/mol. The molecule has 3 N–H and O–H groups in total. The molecule has 1 saturated heterocycles. The van der Waals surface area contributed by atoms with Crippen molar-refractivity contribution in [1.82, 2.24) is 9.55 Å². The molecule has 0 radical (unpaired) electrons.